The summed E-state index contributed by atoms with van der Waals surface area (Å²) in [7, 11) is 0. The lowest BCUT2D eigenvalue weighted by atomic mass is 9.95. The summed E-state index contributed by atoms with van der Waals surface area (Å²) < 4.78 is 17.4. The largest absolute Gasteiger partial charge is 0.464 e. The molecule has 26 heavy (non-hydrogen) atoms. The van der Waals surface area contributed by atoms with Gasteiger partial charge in [-0.3, -0.25) is 5.21 Å². The first kappa shape index (κ1) is 18.0. The van der Waals surface area contributed by atoms with Crippen molar-refractivity contribution < 1.29 is 24.2 Å². The van der Waals surface area contributed by atoms with Crippen LogP contribution in [0.3, 0.4) is 0 Å². The molecule has 1 heterocycles. The van der Waals surface area contributed by atoms with Gasteiger partial charge in [-0.1, -0.05) is 5.57 Å². The summed E-state index contributed by atoms with van der Waals surface area (Å²) in [5.74, 6) is 2.12. The minimum atomic E-state index is -0.702. The summed E-state index contributed by atoms with van der Waals surface area (Å²) in [6, 6.07) is 6.12. The van der Waals surface area contributed by atoms with Gasteiger partial charge in [0.25, 0.3) is 0 Å². The van der Waals surface area contributed by atoms with Crippen molar-refractivity contribution in [2.45, 2.75) is 33.0 Å². The Bertz CT molecular complexity index is 765. The third-order valence-electron chi connectivity index (χ3n) is 4.13. The Morgan fingerprint density at radius 2 is 2.12 bits per heavy atom. The average molecular weight is 358 g/mol. The van der Waals surface area contributed by atoms with Crippen molar-refractivity contribution in [3.05, 3.63) is 59.1 Å². The lowest BCUT2D eigenvalue weighted by Gasteiger charge is -2.30. The number of nitrogens with one attached hydrogen (secondary N) is 2. The molecule has 0 saturated heterocycles. The van der Waals surface area contributed by atoms with E-state index >= 15 is 0 Å². The number of carbonyl (C=O) groups excluding carboxylic acids is 1. The highest BCUT2D eigenvalue weighted by Gasteiger charge is 2.26. The van der Waals surface area contributed by atoms with Crippen LogP contribution in [0.2, 0.25) is 0 Å². The van der Waals surface area contributed by atoms with Crippen LogP contribution in [0.15, 0.2) is 59.1 Å². The van der Waals surface area contributed by atoms with Crippen molar-refractivity contribution >= 4 is 11.7 Å². The van der Waals surface area contributed by atoms with Crippen molar-refractivity contribution in [3.8, 4) is 5.75 Å². The zero-order valence-corrected chi connectivity index (χ0v) is 14.7. The van der Waals surface area contributed by atoms with Crippen LogP contribution in [0.1, 0.15) is 26.7 Å². The van der Waals surface area contributed by atoms with E-state index in [1.807, 2.05) is 19.1 Å². The molecule has 1 atom stereocenters. The van der Waals surface area contributed by atoms with Crippen LogP contribution in [-0.4, -0.2) is 24.1 Å². The van der Waals surface area contributed by atoms with Crippen LogP contribution in [0.5, 0.6) is 5.75 Å². The summed E-state index contributed by atoms with van der Waals surface area (Å²) in [6.45, 7) is 4.66. The number of amides is 2. The van der Waals surface area contributed by atoms with Crippen LogP contribution < -0.4 is 15.5 Å². The molecule has 2 amide bonds. The average Bonchev–Trinajstić information content (AvgIpc) is 2.63. The number of hydroxylamine groups is 1. The van der Waals surface area contributed by atoms with Crippen molar-refractivity contribution in [1.29, 1.82) is 0 Å². The molecule has 1 unspecified atom stereocenters. The van der Waals surface area contributed by atoms with Gasteiger partial charge in [0.2, 0.25) is 6.29 Å². The highest BCUT2D eigenvalue weighted by molar-refractivity contribution is 5.88. The monoisotopic (exact) mass is 358 g/mol. The van der Waals surface area contributed by atoms with Gasteiger partial charge in [-0.15, -0.1) is 0 Å². The smallest absolute Gasteiger partial charge is 0.342 e. The van der Waals surface area contributed by atoms with E-state index in [1.54, 1.807) is 24.3 Å². The molecule has 0 radical (unpaired) electrons. The molecule has 0 aromatic heterocycles. The lowest BCUT2D eigenvalue weighted by Crippen LogP contribution is -2.25. The maximum atomic E-state index is 11.1. The molecule has 3 rings (SSSR count). The first-order valence-electron chi connectivity index (χ1n) is 8.47. The molecule has 0 fully saturated rings. The number of allylic oxidation sites excluding steroid dienone is 3. The van der Waals surface area contributed by atoms with E-state index in [-0.39, 0.29) is 6.29 Å². The predicted octanol–water partition coefficient (Wildman–Crippen LogP) is 3.85. The summed E-state index contributed by atoms with van der Waals surface area (Å²) in [5.41, 5.74) is 4.50. The summed E-state index contributed by atoms with van der Waals surface area (Å²) in [5, 5.41) is 11.0. The number of ether oxygens (including phenoxy) is 3. The van der Waals surface area contributed by atoms with Gasteiger partial charge in [-0.2, -0.15) is 0 Å². The number of hydrogen-bond acceptors (Lipinski definition) is 5. The topological polar surface area (TPSA) is 89.1 Å². The standard InChI is InChI=1S/C19H22N2O5/c1-3-24-18-10-12(2)16-9-8-15(11-17(16)26-18)25-14-6-4-13(5-7-14)20-19(22)21-23/h4-8,11,18,23H,3,9-10H2,1-2H3,(H2,20,21,22). The van der Waals surface area contributed by atoms with Crippen molar-refractivity contribution in [2.24, 2.45) is 0 Å². The Balaban J connectivity index is 1.68. The van der Waals surface area contributed by atoms with Crippen molar-refractivity contribution in [3.63, 3.8) is 0 Å². The van der Waals surface area contributed by atoms with E-state index in [4.69, 9.17) is 19.4 Å². The number of rotatable bonds is 5. The van der Waals surface area contributed by atoms with Gasteiger partial charge in [0.1, 0.15) is 17.3 Å². The first-order valence-corrected chi connectivity index (χ1v) is 8.47. The number of fused-ring (bicyclic) bond motifs is 1. The summed E-state index contributed by atoms with van der Waals surface area (Å²) >= 11 is 0. The molecule has 3 N–H and O–H groups in total. The van der Waals surface area contributed by atoms with Gasteiger partial charge >= 0.3 is 6.03 Å². The van der Waals surface area contributed by atoms with Crippen LogP contribution in [0, 0.1) is 0 Å². The fourth-order valence-corrected chi connectivity index (χ4v) is 2.88. The molecule has 7 nitrogen and oxygen atoms in total. The second kappa shape index (κ2) is 8.07. The zero-order chi connectivity index (χ0) is 18.5. The molecule has 1 aliphatic carbocycles. The third-order valence-corrected chi connectivity index (χ3v) is 4.13. The van der Waals surface area contributed by atoms with E-state index in [9.17, 15) is 4.79 Å². The van der Waals surface area contributed by atoms with E-state index in [2.05, 4.69) is 12.2 Å². The highest BCUT2D eigenvalue weighted by Crippen LogP contribution is 2.35. The summed E-state index contributed by atoms with van der Waals surface area (Å²) in [4.78, 5) is 11.1. The van der Waals surface area contributed by atoms with Crippen LogP contribution in [-0.2, 0) is 9.47 Å². The quantitative estimate of drug-likeness (QED) is 0.550. The Hall–Kier alpha value is -2.77. The molecule has 0 spiro atoms. The molecular weight excluding hydrogens is 336 g/mol. The van der Waals surface area contributed by atoms with Gasteiger partial charge in [0, 0.05) is 24.8 Å². The minimum absolute atomic E-state index is 0.252. The van der Waals surface area contributed by atoms with Gasteiger partial charge in [-0.05, 0) is 56.2 Å². The minimum Gasteiger partial charge on any atom is -0.464 e. The summed E-state index contributed by atoms with van der Waals surface area (Å²) in [6.07, 6.45) is 5.16. The molecule has 1 aliphatic heterocycles. The zero-order valence-electron chi connectivity index (χ0n) is 14.7. The Morgan fingerprint density at radius 3 is 2.81 bits per heavy atom. The van der Waals surface area contributed by atoms with Gasteiger partial charge < -0.3 is 19.5 Å². The SMILES string of the molecule is CCOC1CC(C)=C2CC=C(Oc3ccc(NC(=O)NO)cc3)C=C2O1. The highest BCUT2D eigenvalue weighted by atomic mass is 16.7. The van der Waals surface area contributed by atoms with Crippen LogP contribution in [0.25, 0.3) is 0 Å². The number of urea groups is 1. The first-order chi connectivity index (χ1) is 12.6. The fourth-order valence-electron chi connectivity index (χ4n) is 2.88. The number of benzene rings is 1. The molecule has 0 saturated carbocycles. The van der Waals surface area contributed by atoms with Crippen molar-refractivity contribution in [1.82, 2.24) is 5.48 Å². The molecule has 1 aromatic carbocycles. The third kappa shape index (κ3) is 4.25. The number of carbonyl (C=O) groups is 1. The van der Waals surface area contributed by atoms with Crippen LogP contribution >= 0.6 is 0 Å². The number of hydrogen-bond donors (Lipinski definition) is 3. The molecule has 138 valence electrons. The lowest BCUT2D eigenvalue weighted by molar-refractivity contribution is -0.114. The Labute approximate surface area is 151 Å². The maximum Gasteiger partial charge on any atom is 0.342 e. The Kier molecular flexibility index (Phi) is 5.60. The van der Waals surface area contributed by atoms with Gasteiger partial charge in [-0.25, -0.2) is 10.3 Å². The number of anilines is 1. The second-order valence-corrected chi connectivity index (χ2v) is 5.98. The van der Waals surface area contributed by atoms with Crippen molar-refractivity contribution in [2.75, 3.05) is 11.9 Å². The molecule has 0 bridgehead atoms. The fraction of sp³-hybridized carbons (Fsp3) is 0.316. The molecular formula is C19H22N2O5. The van der Waals surface area contributed by atoms with E-state index < -0.39 is 6.03 Å². The molecule has 2 aliphatic rings. The second-order valence-electron chi connectivity index (χ2n) is 5.98. The van der Waals surface area contributed by atoms with Crippen LogP contribution in [0.4, 0.5) is 10.5 Å². The van der Waals surface area contributed by atoms with E-state index in [1.165, 1.54) is 16.6 Å². The molecule has 7 heteroatoms. The maximum absolute atomic E-state index is 11.1. The van der Waals surface area contributed by atoms with Gasteiger partial charge in [0.05, 0.1) is 0 Å². The van der Waals surface area contributed by atoms with E-state index in [0.29, 0.717) is 23.8 Å². The molecule has 1 aromatic rings. The normalized spacial score (nSPS) is 19.0. The van der Waals surface area contributed by atoms with Gasteiger partial charge in [0.15, 0.2) is 0 Å². The van der Waals surface area contributed by atoms with E-state index in [0.717, 1.165) is 18.6 Å². The predicted molar refractivity (Wildman–Crippen MR) is 95.6 cm³/mol. The Morgan fingerprint density at radius 1 is 1.35 bits per heavy atom.